The Morgan fingerprint density at radius 2 is 1.80 bits per heavy atom. The summed E-state index contributed by atoms with van der Waals surface area (Å²) in [7, 11) is 0. The van der Waals surface area contributed by atoms with Gasteiger partial charge in [0.25, 0.3) is 0 Å². The van der Waals surface area contributed by atoms with Crippen LogP contribution in [0.5, 0.6) is 0 Å². The molecule has 3 nitrogen and oxygen atoms in total. The number of nitrogens with one attached hydrogen (secondary N) is 1. The Balaban J connectivity index is 2.67. The lowest BCUT2D eigenvalue weighted by Gasteiger charge is -2.44. The highest BCUT2D eigenvalue weighted by molar-refractivity contribution is 7.98. The predicted octanol–water partition coefficient (Wildman–Crippen LogP) is 3.62. The fourth-order valence-corrected chi connectivity index (χ4v) is 3.77. The van der Waals surface area contributed by atoms with Crippen LogP contribution in [0.15, 0.2) is 0 Å². The SMILES string of the molecule is CC(C)(C)SNC(CCCO)C(C)(C)C1CCOCC1. The summed E-state index contributed by atoms with van der Waals surface area (Å²) < 4.78 is 9.41. The highest BCUT2D eigenvalue weighted by Gasteiger charge is 2.38. The molecule has 0 spiro atoms. The van der Waals surface area contributed by atoms with Crippen molar-refractivity contribution < 1.29 is 9.84 Å². The minimum atomic E-state index is 0.212. The van der Waals surface area contributed by atoms with E-state index in [2.05, 4.69) is 39.3 Å². The molecule has 0 aliphatic carbocycles. The van der Waals surface area contributed by atoms with Crippen LogP contribution in [0.25, 0.3) is 0 Å². The van der Waals surface area contributed by atoms with Crippen LogP contribution in [-0.2, 0) is 4.74 Å². The monoisotopic (exact) mass is 303 g/mol. The Hall–Kier alpha value is 0.230. The van der Waals surface area contributed by atoms with Crippen LogP contribution in [0.4, 0.5) is 0 Å². The largest absolute Gasteiger partial charge is 0.396 e. The van der Waals surface area contributed by atoms with Crippen LogP contribution in [0.2, 0.25) is 0 Å². The van der Waals surface area contributed by atoms with Crippen LogP contribution < -0.4 is 4.72 Å². The smallest absolute Gasteiger partial charge is 0.0468 e. The van der Waals surface area contributed by atoms with Crippen molar-refractivity contribution >= 4 is 11.9 Å². The van der Waals surface area contributed by atoms with E-state index in [-0.39, 0.29) is 16.8 Å². The second kappa shape index (κ2) is 8.02. The number of rotatable bonds is 7. The molecule has 120 valence electrons. The van der Waals surface area contributed by atoms with E-state index in [0.717, 1.165) is 38.9 Å². The summed E-state index contributed by atoms with van der Waals surface area (Å²) in [4.78, 5) is 0. The summed E-state index contributed by atoms with van der Waals surface area (Å²) >= 11 is 1.82. The van der Waals surface area contributed by atoms with E-state index in [1.165, 1.54) is 0 Å². The van der Waals surface area contributed by atoms with Crippen molar-refractivity contribution in [1.29, 1.82) is 0 Å². The molecular weight excluding hydrogens is 270 g/mol. The first-order valence-electron chi connectivity index (χ1n) is 7.89. The van der Waals surface area contributed by atoms with E-state index >= 15 is 0 Å². The summed E-state index contributed by atoms with van der Waals surface area (Å²) in [5, 5.41) is 9.16. The van der Waals surface area contributed by atoms with E-state index in [1.807, 2.05) is 11.9 Å². The van der Waals surface area contributed by atoms with Crippen molar-refractivity contribution in [2.45, 2.75) is 71.1 Å². The van der Waals surface area contributed by atoms with Gasteiger partial charge in [0.05, 0.1) is 0 Å². The molecule has 4 heteroatoms. The highest BCUT2D eigenvalue weighted by Crippen LogP contribution is 2.40. The fourth-order valence-electron chi connectivity index (χ4n) is 2.85. The van der Waals surface area contributed by atoms with Crippen molar-refractivity contribution in [1.82, 2.24) is 4.72 Å². The van der Waals surface area contributed by atoms with Crippen molar-refractivity contribution in [2.24, 2.45) is 11.3 Å². The number of aliphatic hydroxyl groups excluding tert-OH is 1. The molecule has 1 aliphatic heterocycles. The van der Waals surface area contributed by atoms with E-state index in [1.54, 1.807) is 0 Å². The van der Waals surface area contributed by atoms with Gasteiger partial charge in [0.2, 0.25) is 0 Å². The maximum absolute atomic E-state index is 9.16. The van der Waals surface area contributed by atoms with Gasteiger partial charge >= 0.3 is 0 Å². The summed E-state index contributed by atoms with van der Waals surface area (Å²) in [6.07, 6.45) is 4.22. The van der Waals surface area contributed by atoms with E-state index in [0.29, 0.717) is 12.0 Å². The molecule has 1 rings (SSSR count). The molecule has 1 fully saturated rings. The molecule has 20 heavy (non-hydrogen) atoms. The van der Waals surface area contributed by atoms with Crippen LogP contribution in [0, 0.1) is 11.3 Å². The molecule has 0 bridgehead atoms. The quantitative estimate of drug-likeness (QED) is 0.705. The van der Waals surface area contributed by atoms with Gasteiger partial charge in [-0.05, 0) is 57.8 Å². The third-order valence-corrected chi connectivity index (χ3v) is 5.34. The molecule has 0 aromatic rings. The van der Waals surface area contributed by atoms with E-state index in [4.69, 9.17) is 9.84 Å². The average molecular weight is 304 g/mol. The normalized spacial score (nSPS) is 20.1. The summed E-state index contributed by atoms with van der Waals surface area (Å²) in [5.41, 5.74) is 0.233. The molecule has 0 amide bonds. The number of aliphatic hydroxyl groups is 1. The molecule has 0 aromatic carbocycles. The standard InChI is InChI=1S/C16H33NO2S/c1-15(2,3)20-17-14(7-6-10-18)16(4,5)13-8-11-19-12-9-13/h13-14,17-18H,6-12H2,1-5H3. The molecule has 1 saturated heterocycles. The molecule has 2 N–H and O–H groups in total. The van der Waals surface area contributed by atoms with Gasteiger partial charge in [-0.15, -0.1) is 0 Å². The first kappa shape index (κ1) is 18.3. The van der Waals surface area contributed by atoms with Crippen LogP contribution in [-0.4, -0.2) is 35.7 Å². The zero-order valence-corrected chi connectivity index (χ0v) is 14.7. The molecule has 1 aliphatic rings. The Morgan fingerprint density at radius 1 is 1.20 bits per heavy atom. The average Bonchev–Trinajstić information content (AvgIpc) is 2.38. The maximum atomic E-state index is 9.16. The molecule has 0 aromatic heterocycles. The second-order valence-electron chi connectivity index (χ2n) is 7.46. The number of hydrogen-bond donors (Lipinski definition) is 2. The molecule has 1 atom stereocenters. The third kappa shape index (κ3) is 5.92. The summed E-state index contributed by atoms with van der Waals surface area (Å²) in [6.45, 7) is 13.5. The molecule has 1 heterocycles. The predicted molar refractivity (Wildman–Crippen MR) is 87.9 cm³/mol. The van der Waals surface area contributed by atoms with Gasteiger partial charge in [-0.1, -0.05) is 25.8 Å². The van der Waals surface area contributed by atoms with Gasteiger partial charge in [-0.3, -0.25) is 4.72 Å². The summed E-state index contributed by atoms with van der Waals surface area (Å²) in [5.74, 6) is 0.702. The zero-order chi connectivity index (χ0) is 15.2. The van der Waals surface area contributed by atoms with Crippen LogP contribution in [0.1, 0.15) is 60.3 Å². The second-order valence-corrected chi connectivity index (χ2v) is 9.12. The van der Waals surface area contributed by atoms with Gasteiger partial charge in [0.1, 0.15) is 0 Å². The highest BCUT2D eigenvalue weighted by atomic mass is 32.2. The lowest BCUT2D eigenvalue weighted by atomic mass is 9.69. The van der Waals surface area contributed by atoms with Gasteiger partial charge in [0, 0.05) is 30.6 Å². The van der Waals surface area contributed by atoms with Crippen molar-refractivity contribution in [3.63, 3.8) is 0 Å². The zero-order valence-electron chi connectivity index (χ0n) is 13.9. The lowest BCUT2D eigenvalue weighted by molar-refractivity contribution is 0.00947. The lowest BCUT2D eigenvalue weighted by Crippen LogP contribution is -2.46. The topological polar surface area (TPSA) is 41.5 Å². The first-order chi connectivity index (χ1) is 9.27. The molecule has 0 saturated carbocycles. The Kier molecular flexibility index (Phi) is 7.33. The third-order valence-electron chi connectivity index (χ3n) is 4.33. The van der Waals surface area contributed by atoms with E-state index < -0.39 is 0 Å². The van der Waals surface area contributed by atoms with Crippen LogP contribution >= 0.6 is 11.9 Å². The molecular formula is C16H33NO2S. The van der Waals surface area contributed by atoms with E-state index in [9.17, 15) is 0 Å². The van der Waals surface area contributed by atoms with Crippen molar-refractivity contribution in [3.05, 3.63) is 0 Å². The Labute approximate surface area is 129 Å². The Bertz CT molecular complexity index is 270. The first-order valence-corrected chi connectivity index (χ1v) is 8.71. The van der Waals surface area contributed by atoms with Crippen LogP contribution in [0.3, 0.4) is 0 Å². The minimum absolute atomic E-state index is 0.212. The fraction of sp³-hybridized carbons (Fsp3) is 1.00. The van der Waals surface area contributed by atoms with Crippen molar-refractivity contribution in [2.75, 3.05) is 19.8 Å². The van der Waals surface area contributed by atoms with Gasteiger partial charge < -0.3 is 9.84 Å². The Morgan fingerprint density at radius 3 is 2.30 bits per heavy atom. The van der Waals surface area contributed by atoms with Gasteiger partial charge in [0.15, 0.2) is 0 Å². The summed E-state index contributed by atoms with van der Waals surface area (Å²) in [6, 6.07) is 0.432. The minimum Gasteiger partial charge on any atom is -0.396 e. The van der Waals surface area contributed by atoms with Crippen molar-refractivity contribution in [3.8, 4) is 0 Å². The molecule has 0 radical (unpaired) electrons. The molecule has 1 unspecified atom stereocenters. The van der Waals surface area contributed by atoms with Gasteiger partial charge in [-0.2, -0.15) is 0 Å². The maximum Gasteiger partial charge on any atom is 0.0468 e. The number of hydrogen-bond acceptors (Lipinski definition) is 4. The van der Waals surface area contributed by atoms with Gasteiger partial charge in [-0.25, -0.2) is 0 Å². The number of ether oxygens (including phenoxy) is 1.